The standard InChI is InChI=1S/C29H28N4O6S2/c30-28(34)32(40(36,37)20-24-7-3-1-4-8-24)26-15-11-22(12-16-26)19-23-13-17-27(18-14-23)33(29(31)35)41(38,39)21-25-9-5-2-6-10-25/h1-18H,19-21H2,(H2,30,34)(H2,31,35). The Morgan fingerprint density at radius 2 is 0.805 bits per heavy atom. The molecule has 4 aromatic carbocycles. The van der Waals surface area contributed by atoms with Gasteiger partial charge in [-0.1, -0.05) is 84.9 Å². The van der Waals surface area contributed by atoms with E-state index in [1.54, 1.807) is 84.9 Å². The molecule has 10 nitrogen and oxygen atoms in total. The highest BCUT2D eigenvalue weighted by Gasteiger charge is 2.29. The van der Waals surface area contributed by atoms with Gasteiger partial charge in [-0.15, -0.1) is 0 Å². The van der Waals surface area contributed by atoms with Gasteiger partial charge < -0.3 is 11.5 Å². The first-order chi connectivity index (χ1) is 19.5. The smallest absolute Gasteiger partial charge is 0.333 e. The van der Waals surface area contributed by atoms with Crippen molar-refractivity contribution in [3.63, 3.8) is 0 Å². The summed E-state index contributed by atoms with van der Waals surface area (Å²) in [6.45, 7) is 0. The molecule has 0 fully saturated rings. The van der Waals surface area contributed by atoms with Crippen LogP contribution in [0.2, 0.25) is 0 Å². The summed E-state index contributed by atoms with van der Waals surface area (Å²) in [5.41, 5.74) is 13.7. The predicted molar refractivity (Wildman–Crippen MR) is 158 cm³/mol. The molecule has 4 rings (SSSR count). The Kier molecular flexibility index (Phi) is 8.74. The molecule has 0 aliphatic heterocycles. The third kappa shape index (κ3) is 7.29. The van der Waals surface area contributed by atoms with E-state index in [0.29, 0.717) is 26.2 Å². The zero-order valence-electron chi connectivity index (χ0n) is 21.8. The lowest BCUT2D eigenvalue weighted by molar-refractivity contribution is 0.256. The molecule has 0 aliphatic carbocycles. The fraction of sp³-hybridized carbons (Fsp3) is 0.103. The Morgan fingerprint density at radius 1 is 0.488 bits per heavy atom. The van der Waals surface area contributed by atoms with E-state index in [9.17, 15) is 26.4 Å². The second-order valence-corrected chi connectivity index (χ2v) is 12.8. The number of anilines is 2. The lowest BCUT2D eigenvalue weighted by atomic mass is 10.0. The number of sulfonamides is 2. The van der Waals surface area contributed by atoms with Crippen molar-refractivity contribution >= 4 is 43.5 Å². The van der Waals surface area contributed by atoms with Crippen LogP contribution in [0.25, 0.3) is 0 Å². The minimum atomic E-state index is -4.08. The third-order valence-electron chi connectivity index (χ3n) is 6.09. The van der Waals surface area contributed by atoms with Crippen LogP contribution in [0.15, 0.2) is 109 Å². The van der Waals surface area contributed by atoms with Crippen LogP contribution in [0, 0.1) is 0 Å². The maximum atomic E-state index is 13.0. The third-order valence-corrected chi connectivity index (χ3v) is 9.38. The van der Waals surface area contributed by atoms with Crippen LogP contribution >= 0.6 is 0 Å². The van der Waals surface area contributed by atoms with Gasteiger partial charge in [0.05, 0.1) is 22.9 Å². The molecule has 12 heteroatoms. The molecule has 0 heterocycles. The van der Waals surface area contributed by atoms with E-state index >= 15 is 0 Å². The minimum absolute atomic E-state index is 0.105. The van der Waals surface area contributed by atoms with Crippen LogP contribution in [0.3, 0.4) is 0 Å². The van der Waals surface area contributed by atoms with Gasteiger partial charge in [-0.05, 0) is 52.9 Å². The first-order valence-electron chi connectivity index (χ1n) is 12.4. The van der Waals surface area contributed by atoms with E-state index < -0.39 is 43.6 Å². The first kappa shape index (κ1) is 29.3. The summed E-state index contributed by atoms with van der Waals surface area (Å²) in [6.07, 6.45) is 0.404. The van der Waals surface area contributed by atoms with Crippen LogP contribution in [0.4, 0.5) is 21.0 Å². The Balaban J connectivity index is 1.49. The molecular weight excluding hydrogens is 564 g/mol. The van der Waals surface area contributed by atoms with Crippen molar-refractivity contribution in [3.05, 3.63) is 131 Å². The van der Waals surface area contributed by atoms with Gasteiger partial charge in [-0.2, -0.15) is 8.61 Å². The Labute approximate surface area is 238 Å². The molecule has 0 aliphatic rings. The molecule has 0 saturated carbocycles. The Hall–Kier alpha value is -4.68. The van der Waals surface area contributed by atoms with E-state index in [2.05, 4.69) is 0 Å². The Morgan fingerprint density at radius 3 is 1.10 bits per heavy atom. The van der Waals surface area contributed by atoms with Crippen molar-refractivity contribution in [1.82, 2.24) is 0 Å². The van der Waals surface area contributed by atoms with E-state index in [1.807, 2.05) is 0 Å². The minimum Gasteiger partial charge on any atom is -0.350 e. The number of nitrogens with two attached hydrogens (primary N) is 2. The van der Waals surface area contributed by atoms with Crippen molar-refractivity contribution < 1.29 is 26.4 Å². The molecule has 0 saturated heterocycles. The first-order valence-corrected chi connectivity index (χ1v) is 15.6. The van der Waals surface area contributed by atoms with Gasteiger partial charge in [0, 0.05) is 0 Å². The molecule has 0 aromatic heterocycles. The maximum Gasteiger partial charge on any atom is 0.333 e. The number of urea groups is 2. The average molecular weight is 593 g/mol. The second-order valence-electron chi connectivity index (χ2n) is 9.20. The van der Waals surface area contributed by atoms with Crippen LogP contribution in [0.5, 0.6) is 0 Å². The largest absolute Gasteiger partial charge is 0.350 e. The number of amides is 4. The number of hydrogen-bond donors (Lipinski definition) is 2. The summed E-state index contributed by atoms with van der Waals surface area (Å²) < 4.78 is 53.0. The van der Waals surface area contributed by atoms with Gasteiger partial charge in [-0.25, -0.2) is 26.4 Å². The number of primary amides is 2. The zero-order valence-corrected chi connectivity index (χ0v) is 23.5. The molecule has 0 atom stereocenters. The van der Waals surface area contributed by atoms with Crippen LogP contribution in [0.1, 0.15) is 22.3 Å². The molecule has 0 unspecified atom stereocenters. The van der Waals surface area contributed by atoms with Gasteiger partial charge in [0.1, 0.15) is 0 Å². The second kappa shape index (κ2) is 12.2. The van der Waals surface area contributed by atoms with Gasteiger partial charge >= 0.3 is 12.1 Å². The lowest BCUT2D eigenvalue weighted by Gasteiger charge is -2.21. The summed E-state index contributed by atoms with van der Waals surface area (Å²) in [5, 5.41) is 0. The summed E-state index contributed by atoms with van der Waals surface area (Å²) in [7, 11) is -8.17. The van der Waals surface area contributed by atoms with Crippen molar-refractivity contribution in [3.8, 4) is 0 Å². The van der Waals surface area contributed by atoms with E-state index in [4.69, 9.17) is 11.5 Å². The molecule has 0 radical (unpaired) electrons. The lowest BCUT2D eigenvalue weighted by Crippen LogP contribution is -2.41. The number of carbonyl (C=O) groups excluding carboxylic acids is 2. The van der Waals surface area contributed by atoms with Crippen LogP contribution in [-0.4, -0.2) is 28.9 Å². The fourth-order valence-corrected chi connectivity index (χ4v) is 7.20. The number of hydrogen-bond acceptors (Lipinski definition) is 6. The van der Waals surface area contributed by atoms with Crippen molar-refractivity contribution in [1.29, 1.82) is 0 Å². The van der Waals surface area contributed by atoms with Crippen molar-refractivity contribution in [2.24, 2.45) is 11.5 Å². The Bertz CT molecular complexity index is 1600. The summed E-state index contributed by atoms with van der Waals surface area (Å²) >= 11 is 0. The SMILES string of the molecule is NC(=O)N(c1ccc(Cc2ccc(N(C(N)=O)S(=O)(=O)Cc3ccccc3)cc2)cc1)S(=O)(=O)Cc1ccccc1. The molecule has 0 bridgehead atoms. The topological polar surface area (TPSA) is 161 Å². The number of benzene rings is 4. The highest BCUT2D eigenvalue weighted by Crippen LogP contribution is 2.25. The van der Waals surface area contributed by atoms with Crippen molar-refractivity contribution in [2.75, 3.05) is 8.61 Å². The van der Waals surface area contributed by atoms with Gasteiger partial charge in [0.25, 0.3) is 0 Å². The molecular formula is C29H28N4O6S2. The monoisotopic (exact) mass is 592 g/mol. The zero-order chi connectivity index (χ0) is 29.6. The molecule has 4 amide bonds. The summed E-state index contributed by atoms with van der Waals surface area (Å²) in [5.74, 6) is -0.789. The molecule has 4 aromatic rings. The van der Waals surface area contributed by atoms with E-state index in [-0.39, 0.29) is 11.4 Å². The molecule has 212 valence electrons. The molecule has 0 spiro atoms. The number of rotatable bonds is 10. The summed E-state index contributed by atoms with van der Waals surface area (Å²) in [4.78, 5) is 24.2. The van der Waals surface area contributed by atoms with Gasteiger partial charge in [0.15, 0.2) is 0 Å². The quantitative estimate of drug-likeness (QED) is 0.282. The van der Waals surface area contributed by atoms with Crippen molar-refractivity contribution in [2.45, 2.75) is 17.9 Å². The van der Waals surface area contributed by atoms with Crippen LogP contribution in [-0.2, 0) is 38.0 Å². The summed E-state index contributed by atoms with van der Waals surface area (Å²) in [6, 6.07) is 27.3. The molecule has 4 N–H and O–H groups in total. The van der Waals surface area contributed by atoms with Crippen LogP contribution < -0.4 is 20.1 Å². The predicted octanol–water partition coefficient (Wildman–Crippen LogP) is 4.11. The normalized spacial score (nSPS) is 11.5. The highest BCUT2D eigenvalue weighted by atomic mass is 32.2. The highest BCUT2D eigenvalue weighted by molar-refractivity contribution is 7.93. The average Bonchev–Trinajstić information content (AvgIpc) is 2.91. The van der Waals surface area contributed by atoms with Gasteiger partial charge in [0.2, 0.25) is 20.0 Å². The van der Waals surface area contributed by atoms with E-state index in [1.165, 1.54) is 24.3 Å². The maximum absolute atomic E-state index is 13.0. The molecule has 41 heavy (non-hydrogen) atoms. The number of nitrogens with zero attached hydrogens (tertiary/aromatic N) is 2. The van der Waals surface area contributed by atoms with Gasteiger partial charge in [-0.3, -0.25) is 0 Å². The number of carbonyl (C=O) groups is 2. The van der Waals surface area contributed by atoms with E-state index in [0.717, 1.165) is 11.1 Å². The fourth-order valence-electron chi connectivity index (χ4n) is 4.28.